The van der Waals surface area contributed by atoms with E-state index in [1.54, 1.807) is 0 Å². The fraction of sp³-hybridized carbons (Fsp3) is 0.600. The number of hydrogen-bond acceptors (Lipinski definition) is 5. The molecule has 0 saturated carbocycles. The van der Waals surface area contributed by atoms with Gasteiger partial charge in [-0.2, -0.15) is 0 Å². The number of rotatable bonds is 3. The Kier molecular flexibility index (Phi) is 4.87. The first kappa shape index (κ1) is 10.4. The van der Waals surface area contributed by atoms with Crippen LogP contribution in [0.15, 0.2) is 0 Å². The monoisotopic (exact) mass is 176 g/mol. The van der Waals surface area contributed by atoms with Crippen molar-refractivity contribution in [2.45, 2.75) is 13.8 Å². The number of carbonyl (C=O) groups is 2. The molecule has 0 radical (unpaired) electrons. The highest BCUT2D eigenvalue weighted by Gasteiger charge is 2.39. The van der Waals surface area contributed by atoms with Crippen molar-refractivity contribution < 1.29 is 21.0 Å². The number of carbonyl (C=O) groups excluding carboxylic acids is 2. The van der Waals surface area contributed by atoms with E-state index in [0.717, 1.165) is 0 Å². The van der Waals surface area contributed by atoms with E-state index in [1.165, 1.54) is 21.0 Å². The SMILES string of the molecule is C[O][Al]([O]C(C)=O)[O]C(C)=O. The maximum atomic E-state index is 10.3. The Morgan fingerprint density at radius 2 is 1.45 bits per heavy atom. The van der Waals surface area contributed by atoms with Crippen LogP contribution in [0.2, 0.25) is 0 Å². The predicted octanol–water partition coefficient (Wildman–Crippen LogP) is -0.256. The highest BCUT2D eigenvalue weighted by Crippen LogP contribution is 1.91. The highest BCUT2D eigenvalue weighted by molar-refractivity contribution is 6.41. The van der Waals surface area contributed by atoms with Gasteiger partial charge in [-0.3, -0.25) is 9.59 Å². The van der Waals surface area contributed by atoms with Crippen LogP contribution < -0.4 is 0 Å². The normalized spacial score (nSPS) is 8.64. The summed E-state index contributed by atoms with van der Waals surface area (Å²) >= 11 is -2.53. The highest BCUT2D eigenvalue weighted by atomic mass is 27.3. The third-order valence-electron chi connectivity index (χ3n) is 0.717. The molecule has 0 fully saturated rings. The van der Waals surface area contributed by atoms with Gasteiger partial charge in [0.15, 0.2) is 0 Å². The van der Waals surface area contributed by atoms with Gasteiger partial charge in [0.05, 0.1) is 0 Å². The van der Waals surface area contributed by atoms with Crippen LogP contribution in [0.5, 0.6) is 0 Å². The van der Waals surface area contributed by atoms with Crippen LogP contribution >= 0.6 is 0 Å². The lowest BCUT2D eigenvalue weighted by molar-refractivity contribution is -0.140. The average molecular weight is 176 g/mol. The lowest BCUT2D eigenvalue weighted by Gasteiger charge is -2.06. The first-order valence-electron chi connectivity index (χ1n) is 2.93. The van der Waals surface area contributed by atoms with Crippen LogP contribution in [0, 0.1) is 0 Å². The molecule has 0 aliphatic rings. The lowest BCUT2D eigenvalue weighted by atomic mass is 10.9. The molecule has 0 aliphatic heterocycles. The second-order valence-electron chi connectivity index (χ2n) is 1.74. The quantitative estimate of drug-likeness (QED) is 0.554. The van der Waals surface area contributed by atoms with Crippen LogP contribution in [0.4, 0.5) is 0 Å². The second kappa shape index (κ2) is 5.13. The molecule has 6 heteroatoms. The Hall–Kier alpha value is -0.568. The van der Waals surface area contributed by atoms with Crippen molar-refractivity contribution in [1.82, 2.24) is 0 Å². The van der Waals surface area contributed by atoms with E-state index in [4.69, 9.17) is 0 Å². The smallest absolute Gasteiger partial charge is 0.562 e. The first-order valence-corrected chi connectivity index (χ1v) is 4.35. The fourth-order valence-electron chi connectivity index (χ4n) is 0.391. The molecule has 0 spiro atoms. The van der Waals surface area contributed by atoms with E-state index in [0.29, 0.717) is 0 Å². The van der Waals surface area contributed by atoms with Gasteiger partial charge in [-0.25, -0.2) is 0 Å². The van der Waals surface area contributed by atoms with Crippen LogP contribution in [0.1, 0.15) is 13.8 Å². The molecule has 0 saturated heterocycles. The average Bonchev–Trinajstić information content (AvgIpc) is 1.84. The standard InChI is InChI=1S/2C2H4O2.CH3O.Al/c2*1-2(3)4;1-2;/h2*1H3,(H,3,4);1H3;/q;;-1;+3/p-2. The first-order chi connectivity index (χ1) is 5.06. The van der Waals surface area contributed by atoms with Crippen molar-refractivity contribution >= 4 is 27.1 Å². The molecule has 0 amide bonds. The molecule has 0 bridgehead atoms. The van der Waals surface area contributed by atoms with Crippen LogP contribution in [0.25, 0.3) is 0 Å². The fourth-order valence-corrected chi connectivity index (χ4v) is 1.17. The summed E-state index contributed by atoms with van der Waals surface area (Å²) in [5.74, 6) is -1.02. The zero-order chi connectivity index (χ0) is 8.85. The summed E-state index contributed by atoms with van der Waals surface area (Å²) in [7, 11) is 1.32. The van der Waals surface area contributed by atoms with E-state index in [1.807, 2.05) is 0 Å². The molecular formula is C5H9AlO5. The van der Waals surface area contributed by atoms with Gasteiger partial charge in [0.2, 0.25) is 0 Å². The van der Waals surface area contributed by atoms with E-state index in [2.05, 4.69) is 11.4 Å². The molecule has 0 aromatic heterocycles. The Morgan fingerprint density at radius 1 is 1.09 bits per heavy atom. The van der Waals surface area contributed by atoms with Crippen molar-refractivity contribution in [3.05, 3.63) is 0 Å². The summed E-state index contributed by atoms with van der Waals surface area (Å²) in [6.45, 7) is 2.45. The minimum Gasteiger partial charge on any atom is -0.562 e. The summed E-state index contributed by atoms with van der Waals surface area (Å²) in [6.07, 6.45) is 0. The maximum absolute atomic E-state index is 10.3. The lowest BCUT2D eigenvalue weighted by Crippen LogP contribution is -2.29. The summed E-state index contributed by atoms with van der Waals surface area (Å²) in [6, 6.07) is 0. The van der Waals surface area contributed by atoms with E-state index >= 15 is 0 Å². The third-order valence-corrected chi connectivity index (χ3v) is 2.15. The molecule has 0 aromatic rings. The predicted molar refractivity (Wildman–Crippen MR) is 36.3 cm³/mol. The Bertz CT molecular complexity index is 141. The molecule has 0 rings (SSSR count). The van der Waals surface area contributed by atoms with E-state index < -0.39 is 27.1 Å². The van der Waals surface area contributed by atoms with Gasteiger partial charge in [-0.15, -0.1) is 0 Å². The van der Waals surface area contributed by atoms with Crippen molar-refractivity contribution in [2.75, 3.05) is 7.11 Å². The van der Waals surface area contributed by atoms with E-state index in [9.17, 15) is 9.59 Å². The Morgan fingerprint density at radius 3 is 1.64 bits per heavy atom. The minimum absolute atomic E-state index is 0.509. The zero-order valence-electron chi connectivity index (χ0n) is 6.62. The van der Waals surface area contributed by atoms with Crippen molar-refractivity contribution in [3.8, 4) is 0 Å². The molecule has 0 heterocycles. The summed E-state index contributed by atoms with van der Waals surface area (Å²) in [5.41, 5.74) is 0. The van der Waals surface area contributed by atoms with Crippen molar-refractivity contribution in [2.24, 2.45) is 0 Å². The van der Waals surface area contributed by atoms with Crippen molar-refractivity contribution in [1.29, 1.82) is 0 Å². The van der Waals surface area contributed by atoms with E-state index in [-0.39, 0.29) is 0 Å². The molecule has 5 nitrogen and oxygen atoms in total. The molecule has 11 heavy (non-hydrogen) atoms. The Balaban J connectivity index is 3.76. The molecular weight excluding hydrogens is 167 g/mol. The largest absolute Gasteiger partial charge is 1.10 e. The molecule has 62 valence electrons. The van der Waals surface area contributed by atoms with Gasteiger partial charge >= 0.3 is 15.1 Å². The molecule has 0 N–H and O–H groups in total. The maximum Gasteiger partial charge on any atom is 1.10 e. The van der Waals surface area contributed by atoms with Gasteiger partial charge in [0.1, 0.15) is 0 Å². The van der Waals surface area contributed by atoms with Gasteiger partial charge in [0.25, 0.3) is 11.9 Å². The van der Waals surface area contributed by atoms with Crippen LogP contribution in [0.3, 0.4) is 0 Å². The van der Waals surface area contributed by atoms with Crippen molar-refractivity contribution in [3.63, 3.8) is 0 Å². The summed E-state index contributed by atoms with van der Waals surface area (Å²) in [4.78, 5) is 20.7. The molecule has 0 atom stereocenters. The van der Waals surface area contributed by atoms with Gasteiger partial charge in [-0.1, -0.05) is 0 Å². The minimum atomic E-state index is -2.53. The molecule has 0 aromatic carbocycles. The second-order valence-corrected chi connectivity index (χ2v) is 3.26. The van der Waals surface area contributed by atoms with Crippen LogP contribution in [-0.4, -0.2) is 34.2 Å². The third kappa shape index (κ3) is 5.86. The molecule has 0 aliphatic carbocycles. The zero-order valence-corrected chi connectivity index (χ0v) is 7.77. The van der Waals surface area contributed by atoms with Gasteiger partial charge < -0.3 is 11.4 Å². The molecule has 0 unspecified atom stereocenters. The topological polar surface area (TPSA) is 61.8 Å². The summed E-state index contributed by atoms with van der Waals surface area (Å²) in [5, 5.41) is 0. The van der Waals surface area contributed by atoms with Gasteiger partial charge in [-0.05, 0) is 0 Å². The summed E-state index contributed by atoms with van der Waals surface area (Å²) < 4.78 is 13.7. The van der Waals surface area contributed by atoms with Gasteiger partial charge in [0, 0.05) is 21.0 Å². The Labute approximate surface area is 69.6 Å². The number of hydrogen-bond donors (Lipinski definition) is 0. The van der Waals surface area contributed by atoms with Crippen LogP contribution in [-0.2, 0) is 21.0 Å².